The van der Waals surface area contributed by atoms with Gasteiger partial charge in [-0.25, -0.2) is 0 Å². The molecule has 0 aliphatic heterocycles. The van der Waals surface area contributed by atoms with Crippen molar-refractivity contribution in [3.05, 3.63) is 11.6 Å². The van der Waals surface area contributed by atoms with Crippen LogP contribution >= 0.6 is 0 Å². The van der Waals surface area contributed by atoms with Crippen molar-refractivity contribution >= 4 is 0 Å². The molecule has 0 radical (unpaired) electrons. The molecule has 0 aromatic carbocycles. The van der Waals surface area contributed by atoms with E-state index in [0.717, 1.165) is 42.9 Å². The monoisotopic (exact) mass is 400 g/mol. The van der Waals surface area contributed by atoms with Crippen molar-refractivity contribution in [1.82, 2.24) is 0 Å². The molecule has 0 aromatic heterocycles. The molecular formula is C27H44O2. The minimum atomic E-state index is -0.0918. The van der Waals surface area contributed by atoms with E-state index in [1.807, 2.05) is 0 Å². The van der Waals surface area contributed by atoms with E-state index >= 15 is 0 Å². The van der Waals surface area contributed by atoms with Crippen molar-refractivity contribution in [3.63, 3.8) is 0 Å². The fourth-order valence-electron chi connectivity index (χ4n) is 8.86. The summed E-state index contributed by atoms with van der Waals surface area (Å²) in [5.41, 5.74) is 2.51. The normalized spacial score (nSPS) is 48.1. The van der Waals surface area contributed by atoms with Crippen molar-refractivity contribution in [3.8, 4) is 0 Å². The first-order valence-electron chi connectivity index (χ1n) is 13.0. The summed E-state index contributed by atoms with van der Waals surface area (Å²) in [6.45, 7) is 5.18. The van der Waals surface area contributed by atoms with Gasteiger partial charge in [-0.1, -0.05) is 38.3 Å². The summed E-state index contributed by atoms with van der Waals surface area (Å²) in [5.74, 6) is 4.14. The van der Waals surface area contributed by atoms with Gasteiger partial charge in [-0.05, 0) is 117 Å². The highest BCUT2D eigenvalue weighted by Crippen LogP contribution is 2.66. The molecule has 8 atom stereocenters. The molecule has 0 heterocycles. The minimum Gasteiger partial charge on any atom is -0.393 e. The Kier molecular flexibility index (Phi) is 5.43. The number of aliphatic hydroxyl groups is 2. The van der Waals surface area contributed by atoms with E-state index in [9.17, 15) is 10.2 Å². The fraction of sp³-hybridized carbons (Fsp3) is 0.926. The van der Waals surface area contributed by atoms with E-state index < -0.39 is 0 Å². The average molecular weight is 401 g/mol. The third-order valence-corrected chi connectivity index (χ3v) is 11.0. The van der Waals surface area contributed by atoms with Crippen LogP contribution in [0.3, 0.4) is 0 Å². The lowest BCUT2D eigenvalue weighted by Crippen LogP contribution is -2.50. The second-order valence-electron chi connectivity index (χ2n) is 12.2. The molecular weight excluding hydrogens is 356 g/mol. The Labute approximate surface area is 178 Å². The van der Waals surface area contributed by atoms with Gasteiger partial charge in [-0.15, -0.1) is 0 Å². The van der Waals surface area contributed by atoms with Gasteiger partial charge in [0.15, 0.2) is 0 Å². The zero-order valence-corrected chi connectivity index (χ0v) is 18.9. The molecule has 0 saturated heterocycles. The van der Waals surface area contributed by atoms with E-state index in [2.05, 4.69) is 19.9 Å². The number of allylic oxidation sites excluding steroid dienone is 1. The first-order chi connectivity index (χ1) is 13.9. The van der Waals surface area contributed by atoms with Crippen molar-refractivity contribution in [2.24, 2.45) is 40.4 Å². The van der Waals surface area contributed by atoms with E-state index in [-0.39, 0.29) is 12.2 Å². The Morgan fingerprint density at radius 3 is 2.62 bits per heavy atom. The summed E-state index contributed by atoms with van der Waals surface area (Å²) in [4.78, 5) is 0. The summed E-state index contributed by atoms with van der Waals surface area (Å²) < 4.78 is 0. The highest BCUT2D eigenvalue weighted by Gasteiger charge is 2.58. The molecule has 0 spiro atoms. The van der Waals surface area contributed by atoms with Crippen LogP contribution in [-0.4, -0.2) is 22.4 Å². The van der Waals surface area contributed by atoms with Gasteiger partial charge in [-0.3, -0.25) is 0 Å². The van der Waals surface area contributed by atoms with Crippen LogP contribution in [0, 0.1) is 40.4 Å². The zero-order valence-electron chi connectivity index (χ0n) is 18.9. The van der Waals surface area contributed by atoms with Gasteiger partial charge in [0.05, 0.1) is 12.2 Å². The molecule has 2 N–H and O–H groups in total. The second-order valence-corrected chi connectivity index (χ2v) is 12.2. The zero-order chi connectivity index (χ0) is 20.2. The summed E-state index contributed by atoms with van der Waals surface area (Å²) in [7, 11) is 0. The van der Waals surface area contributed by atoms with E-state index in [0.29, 0.717) is 16.7 Å². The Morgan fingerprint density at radius 2 is 1.86 bits per heavy atom. The fourth-order valence-corrected chi connectivity index (χ4v) is 8.86. The van der Waals surface area contributed by atoms with Gasteiger partial charge in [-0.2, -0.15) is 0 Å². The van der Waals surface area contributed by atoms with E-state index in [1.165, 1.54) is 70.6 Å². The highest BCUT2D eigenvalue weighted by molar-refractivity contribution is 5.25. The maximum Gasteiger partial charge on any atom is 0.0577 e. The summed E-state index contributed by atoms with van der Waals surface area (Å²) in [5, 5.41) is 20.6. The number of hydrogen-bond donors (Lipinski definition) is 2. The molecule has 0 bridgehead atoms. The smallest absolute Gasteiger partial charge is 0.0577 e. The van der Waals surface area contributed by atoms with Crippen LogP contribution < -0.4 is 0 Å². The first-order valence-corrected chi connectivity index (χ1v) is 13.0. The van der Waals surface area contributed by atoms with E-state index in [4.69, 9.17) is 0 Å². The minimum absolute atomic E-state index is 0.0204. The topological polar surface area (TPSA) is 40.5 Å². The summed E-state index contributed by atoms with van der Waals surface area (Å²) in [6.07, 6.45) is 20.0. The van der Waals surface area contributed by atoms with Gasteiger partial charge in [0.1, 0.15) is 0 Å². The largest absolute Gasteiger partial charge is 0.393 e. The Hall–Kier alpha value is -0.340. The van der Waals surface area contributed by atoms with Crippen LogP contribution in [-0.2, 0) is 0 Å². The lowest BCUT2D eigenvalue weighted by molar-refractivity contribution is -0.0514. The van der Waals surface area contributed by atoms with Crippen molar-refractivity contribution in [1.29, 1.82) is 0 Å². The van der Waals surface area contributed by atoms with Gasteiger partial charge >= 0.3 is 0 Å². The van der Waals surface area contributed by atoms with Crippen molar-refractivity contribution in [2.45, 2.75) is 116 Å². The summed E-state index contributed by atoms with van der Waals surface area (Å²) in [6, 6.07) is 0. The van der Waals surface area contributed by atoms with Gasteiger partial charge in [0.25, 0.3) is 0 Å². The van der Waals surface area contributed by atoms with Crippen molar-refractivity contribution in [2.75, 3.05) is 0 Å². The Morgan fingerprint density at radius 1 is 1.03 bits per heavy atom. The predicted molar refractivity (Wildman–Crippen MR) is 118 cm³/mol. The van der Waals surface area contributed by atoms with Gasteiger partial charge < -0.3 is 10.2 Å². The van der Waals surface area contributed by atoms with Gasteiger partial charge in [0, 0.05) is 0 Å². The Bertz CT molecular complexity index is 636. The van der Waals surface area contributed by atoms with Gasteiger partial charge in [0.2, 0.25) is 0 Å². The number of hydrogen-bond acceptors (Lipinski definition) is 2. The maximum absolute atomic E-state index is 10.4. The van der Waals surface area contributed by atoms with Crippen molar-refractivity contribution < 1.29 is 10.2 Å². The third kappa shape index (κ3) is 3.36. The SMILES string of the molecule is C[C@]12CC[C@H](O)CC1=CCC1C2CC[C@@]2(C)C1CC[C@@H]2CCCC(O)C1CCC1. The molecule has 5 rings (SSSR count). The molecule has 4 saturated carbocycles. The molecule has 29 heavy (non-hydrogen) atoms. The molecule has 0 amide bonds. The number of fused-ring (bicyclic) bond motifs is 5. The van der Waals surface area contributed by atoms with Crippen LogP contribution in [0.2, 0.25) is 0 Å². The standard InChI is InChI=1S/C27H44O2/c1-26-16-14-24-22(11-9-20-17-21(28)13-15-27(20,24)2)23(26)12-10-19(26)7-4-8-25(29)18-5-3-6-18/h9,18-19,21-25,28-29H,3-8,10-17H2,1-2H3/t19-,21-,22?,23?,24?,25?,26+,27-/m0/s1. The molecule has 164 valence electrons. The lowest BCUT2D eigenvalue weighted by Gasteiger charge is -2.58. The van der Waals surface area contributed by atoms with E-state index in [1.54, 1.807) is 5.57 Å². The number of rotatable bonds is 5. The first kappa shape index (κ1) is 20.6. The maximum atomic E-state index is 10.4. The molecule has 2 nitrogen and oxygen atoms in total. The van der Waals surface area contributed by atoms with Crippen LogP contribution in [0.25, 0.3) is 0 Å². The molecule has 2 heteroatoms. The lowest BCUT2D eigenvalue weighted by atomic mass is 9.47. The Balaban J connectivity index is 1.24. The molecule has 4 unspecified atom stereocenters. The van der Waals surface area contributed by atoms with Crippen LogP contribution in [0.1, 0.15) is 104 Å². The predicted octanol–water partition coefficient (Wildman–Crippen LogP) is 6.26. The van der Waals surface area contributed by atoms with Crippen LogP contribution in [0.15, 0.2) is 11.6 Å². The summed E-state index contributed by atoms with van der Waals surface area (Å²) >= 11 is 0. The third-order valence-electron chi connectivity index (χ3n) is 11.0. The number of aliphatic hydroxyl groups excluding tert-OH is 2. The molecule has 4 fully saturated rings. The highest BCUT2D eigenvalue weighted by atomic mass is 16.3. The van der Waals surface area contributed by atoms with Crippen LogP contribution in [0.4, 0.5) is 0 Å². The molecule has 5 aliphatic carbocycles. The molecule has 0 aromatic rings. The second kappa shape index (κ2) is 7.66. The van der Waals surface area contributed by atoms with Crippen LogP contribution in [0.5, 0.6) is 0 Å². The quantitative estimate of drug-likeness (QED) is 0.535. The average Bonchev–Trinajstić information content (AvgIpc) is 2.97. The molecule has 5 aliphatic rings.